The van der Waals surface area contributed by atoms with E-state index in [0.29, 0.717) is 5.88 Å². The van der Waals surface area contributed by atoms with Gasteiger partial charge < -0.3 is 4.57 Å². The van der Waals surface area contributed by atoms with Crippen molar-refractivity contribution in [2.24, 2.45) is 7.05 Å². The highest BCUT2D eigenvalue weighted by atomic mass is 35.5. The van der Waals surface area contributed by atoms with E-state index < -0.39 is 0 Å². The Kier molecular flexibility index (Phi) is 3.92. The van der Waals surface area contributed by atoms with Gasteiger partial charge in [0.1, 0.15) is 11.3 Å². The number of alkyl halides is 1. The lowest BCUT2D eigenvalue weighted by Crippen LogP contribution is -2.07. The molecule has 0 N–H and O–H groups in total. The summed E-state index contributed by atoms with van der Waals surface area (Å²) in [4.78, 5) is 9.12. The Hall–Kier alpha value is -1.88. The molecule has 3 rings (SSSR count). The van der Waals surface area contributed by atoms with Gasteiger partial charge in [-0.25, -0.2) is 9.97 Å². The Bertz CT molecular complexity index is 759. The molecule has 0 spiro atoms. The highest BCUT2D eigenvalue weighted by molar-refractivity contribution is 6.17. The summed E-state index contributed by atoms with van der Waals surface area (Å²) in [6, 6.07) is 3.90. The second-order valence-electron chi connectivity index (χ2n) is 5.03. The lowest BCUT2D eigenvalue weighted by molar-refractivity contribution is 0.741. The van der Waals surface area contributed by atoms with Crippen molar-refractivity contribution in [3.8, 4) is 0 Å². The Morgan fingerprint density at radius 3 is 2.95 bits per heavy atom. The van der Waals surface area contributed by atoms with Gasteiger partial charge in [-0.05, 0) is 18.6 Å². The Morgan fingerprint density at radius 2 is 2.19 bits per heavy atom. The van der Waals surface area contributed by atoms with Crippen molar-refractivity contribution in [1.29, 1.82) is 0 Å². The number of hydrogen-bond donors (Lipinski definition) is 0. The Morgan fingerprint density at radius 1 is 1.33 bits per heavy atom. The van der Waals surface area contributed by atoms with E-state index in [1.165, 1.54) is 5.56 Å². The summed E-state index contributed by atoms with van der Waals surface area (Å²) >= 11 is 5.91. The van der Waals surface area contributed by atoms with Crippen LogP contribution in [0.5, 0.6) is 0 Å². The van der Waals surface area contributed by atoms with Crippen LogP contribution in [0.4, 0.5) is 0 Å². The molecule has 0 saturated heterocycles. The standard InChI is InChI=1S/C15H18ClN5/c1-3-12-11(9-20(2)19-12)10-21-14(6-7-16)18-13-5-4-8-17-15(13)21/h4-5,8-9H,3,6-7,10H2,1-2H3. The third-order valence-electron chi connectivity index (χ3n) is 3.56. The van der Waals surface area contributed by atoms with Gasteiger partial charge in [-0.1, -0.05) is 6.92 Å². The minimum atomic E-state index is 0.553. The van der Waals surface area contributed by atoms with Gasteiger partial charge in [0.25, 0.3) is 0 Å². The molecule has 3 aromatic heterocycles. The number of nitrogens with zero attached hydrogens (tertiary/aromatic N) is 5. The van der Waals surface area contributed by atoms with E-state index in [-0.39, 0.29) is 0 Å². The predicted octanol–water partition coefficient (Wildman–Crippen LogP) is 2.56. The van der Waals surface area contributed by atoms with Crippen molar-refractivity contribution in [2.75, 3.05) is 5.88 Å². The molecular formula is C15H18ClN5. The zero-order chi connectivity index (χ0) is 14.8. The molecule has 3 heterocycles. The summed E-state index contributed by atoms with van der Waals surface area (Å²) in [5.74, 6) is 1.53. The van der Waals surface area contributed by atoms with Crippen LogP contribution in [0.15, 0.2) is 24.5 Å². The van der Waals surface area contributed by atoms with Crippen LogP contribution in [0, 0.1) is 0 Å². The van der Waals surface area contributed by atoms with Gasteiger partial charge >= 0.3 is 0 Å². The number of rotatable bonds is 5. The van der Waals surface area contributed by atoms with Crippen LogP contribution in [-0.2, 0) is 26.4 Å². The summed E-state index contributed by atoms with van der Waals surface area (Å²) in [6.45, 7) is 2.85. The van der Waals surface area contributed by atoms with Gasteiger partial charge in [0.2, 0.25) is 0 Å². The topological polar surface area (TPSA) is 48.5 Å². The maximum atomic E-state index is 5.91. The highest BCUT2D eigenvalue weighted by Crippen LogP contribution is 2.18. The Labute approximate surface area is 128 Å². The van der Waals surface area contributed by atoms with E-state index in [9.17, 15) is 0 Å². The quantitative estimate of drug-likeness (QED) is 0.681. The van der Waals surface area contributed by atoms with E-state index in [1.54, 1.807) is 6.20 Å². The molecule has 0 aliphatic rings. The normalized spacial score (nSPS) is 11.4. The predicted molar refractivity (Wildman–Crippen MR) is 83.6 cm³/mol. The molecule has 6 heteroatoms. The summed E-state index contributed by atoms with van der Waals surface area (Å²) in [5.41, 5.74) is 4.15. The third-order valence-corrected chi connectivity index (χ3v) is 3.75. The van der Waals surface area contributed by atoms with Crippen LogP contribution in [-0.4, -0.2) is 30.2 Å². The van der Waals surface area contributed by atoms with E-state index in [2.05, 4.69) is 32.8 Å². The van der Waals surface area contributed by atoms with Crippen LogP contribution in [0.2, 0.25) is 0 Å². The fourth-order valence-corrected chi connectivity index (χ4v) is 2.80. The van der Waals surface area contributed by atoms with Crippen LogP contribution in [0.3, 0.4) is 0 Å². The van der Waals surface area contributed by atoms with Gasteiger partial charge in [-0.3, -0.25) is 4.68 Å². The molecule has 3 aromatic rings. The number of hydrogen-bond acceptors (Lipinski definition) is 3. The lowest BCUT2D eigenvalue weighted by Gasteiger charge is -2.07. The SMILES string of the molecule is CCc1nn(C)cc1Cn1c(CCCl)nc2cccnc21. The number of aryl methyl sites for hydroxylation is 3. The average molecular weight is 304 g/mol. The number of pyridine rings is 1. The van der Waals surface area contributed by atoms with Gasteiger partial charge in [0.05, 0.1) is 12.2 Å². The fraction of sp³-hybridized carbons (Fsp3) is 0.400. The first-order chi connectivity index (χ1) is 10.2. The number of halogens is 1. The molecule has 0 aliphatic carbocycles. The minimum absolute atomic E-state index is 0.553. The maximum absolute atomic E-state index is 5.91. The summed E-state index contributed by atoms with van der Waals surface area (Å²) in [7, 11) is 1.95. The molecule has 0 unspecified atom stereocenters. The van der Waals surface area contributed by atoms with Crippen LogP contribution < -0.4 is 0 Å². The number of imidazole rings is 1. The Balaban J connectivity index is 2.07. The van der Waals surface area contributed by atoms with Crippen molar-refractivity contribution in [1.82, 2.24) is 24.3 Å². The van der Waals surface area contributed by atoms with Gasteiger partial charge in [0.15, 0.2) is 5.65 Å². The van der Waals surface area contributed by atoms with Gasteiger partial charge in [-0.2, -0.15) is 5.10 Å². The summed E-state index contributed by atoms with van der Waals surface area (Å²) in [5, 5.41) is 4.50. The second-order valence-corrected chi connectivity index (χ2v) is 5.41. The molecule has 0 fully saturated rings. The van der Waals surface area contributed by atoms with Crippen molar-refractivity contribution < 1.29 is 0 Å². The minimum Gasteiger partial charge on any atom is -0.308 e. The second kappa shape index (κ2) is 5.85. The molecule has 0 bridgehead atoms. The van der Waals surface area contributed by atoms with Crippen LogP contribution in [0.1, 0.15) is 24.0 Å². The maximum Gasteiger partial charge on any atom is 0.160 e. The average Bonchev–Trinajstić information content (AvgIpc) is 3.01. The van der Waals surface area contributed by atoms with Crippen molar-refractivity contribution in [3.63, 3.8) is 0 Å². The summed E-state index contributed by atoms with van der Waals surface area (Å²) < 4.78 is 4.01. The molecule has 0 radical (unpaired) electrons. The van der Waals surface area contributed by atoms with Crippen molar-refractivity contribution in [3.05, 3.63) is 41.6 Å². The van der Waals surface area contributed by atoms with E-state index in [1.807, 2.05) is 23.9 Å². The van der Waals surface area contributed by atoms with Gasteiger partial charge in [-0.15, -0.1) is 11.6 Å². The molecule has 0 aliphatic heterocycles. The van der Waals surface area contributed by atoms with E-state index >= 15 is 0 Å². The molecule has 0 amide bonds. The van der Waals surface area contributed by atoms with Crippen molar-refractivity contribution >= 4 is 22.8 Å². The molecule has 5 nitrogen and oxygen atoms in total. The molecule has 21 heavy (non-hydrogen) atoms. The van der Waals surface area contributed by atoms with Crippen molar-refractivity contribution in [2.45, 2.75) is 26.3 Å². The van der Waals surface area contributed by atoms with E-state index in [0.717, 1.165) is 42.1 Å². The monoisotopic (exact) mass is 303 g/mol. The smallest absolute Gasteiger partial charge is 0.160 e. The molecule has 0 atom stereocenters. The zero-order valence-corrected chi connectivity index (χ0v) is 13.0. The first-order valence-corrected chi connectivity index (χ1v) is 7.64. The third kappa shape index (κ3) is 2.65. The first kappa shape index (κ1) is 14.1. The lowest BCUT2D eigenvalue weighted by atomic mass is 10.2. The number of fused-ring (bicyclic) bond motifs is 1. The largest absolute Gasteiger partial charge is 0.308 e. The zero-order valence-electron chi connectivity index (χ0n) is 12.3. The van der Waals surface area contributed by atoms with Crippen LogP contribution >= 0.6 is 11.6 Å². The van der Waals surface area contributed by atoms with Gasteiger partial charge in [0, 0.05) is 37.3 Å². The van der Waals surface area contributed by atoms with E-state index in [4.69, 9.17) is 11.6 Å². The fourth-order valence-electron chi connectivity index (χ4n) is 2.63. The first-order valence-electron chi connectivity index (χ1n) is 7.10. The summed E-state index contributed by atoms with van der Waals surface area (Å²) in [6.07, 6.45) is 5.52. The highest BCUT2D eigenvalue weighted by Gasteiger charge is 2.14. The molecule has 110 valence electrons. The number of aromatic nitrogens is 5. The molecule has 0 aromatic carbocycles. The molecule has 0 saturated carbocycles. The molecular weight excluding hydrogens is 286 g/mol. The van der Waals surface area contributed by atoms with Crippen LogP contribution in [0.25, 0.3) is 11.2 Å².